The van der Waals surface area contributed by atoms with E-state index in [1.54, 1.807) is 75.4 Å². The Kier molecular flexibility index (Phi) is 7.12. The summed E-state index contributed by atoms with van der Waals surface area (Å²) in [5.74, 6) is -0.702. The predicted octanol–water partition coefficient (Wildman–Crippen LogP) is 4.80. The summed E-state index contributed by atoms with van der Waals surface area (Å²) in [5, 5.41) is 9.81. The molecule has 2 aromatic heterocycles. The summed E-state index contributed by atoms with van der Waals surface area (Å²) in [6.45, 7) is 5.24. The number of allylic oxidation sites excluding steroid dienone is 1. The Bertz CT molecular complexity index is 1810. The van der Waals surface area contributed by atoms with Crippen molar-refractivity contribution in [2.24, 2.45) is 4.99 Å². The van der Waals surface area contributed by atoms with Gasteiger partial charge in [-0.3, -0.25) is 9.36 Å². The molecule has 1 unspecified atom stereocenters. The van der Waals surface area contributed by atoms with Crippen LogP contribution in [0.25, 0.3) is 17.4 Å². The molecule has 198 valence electrons. The van der Waals surface area contributed by atoms with Gasteiger partial charge in [0.25, 0.3) is 5.56 Å². The fourth-order valence-corrected chi connectivity index (χ4v) is 5.49. The summed E-state index contributed by atoms with van der Waals surface area (Å²) in [5.41, 5.74) is 1.84. The Balaban J connectivity index is 1.61. The average molecular weight is 563 g/mol. The van der Waals surface area contributed by atoms with E-state index in [0.29, 0.717) is 42.7 Å². The van der Waals surface area contributed by atoms with E-state index < -0.39 is 18.0 Å². The van der Waals surface area contributed by atoms with Crippen LogP contribution in [0.4, 0.5) is 0 Å². The number of carboxylic acid groups (broad SMARTS) is 1. The number of hydrogen-bond acceptors (Lipinski definition) is 7. The zero-order valence-electron chi connectivity index (χ0n) is 21.2. The number of fused-ring (bicyclic) bond motifs is 1. The molecule has 0 aliphatic carbocycles. The molecule has 10 heteroatoms. The second-order valence-corrected chi connectivity index (χ2v) is 10.6. The zero-order chi connectivity index (χ0) is 27.8. The van der Waals surface area contributed by atoms with Crippen molar-refractivity contribution in [2.75, 3.05) is 0 Å². The zero-order valence-corrected chi connectivity index (χ0v) is 22.7. The molecule has 2 aromatic carbocycles. The fraction of sp³-hybridized carbons (Fsp3) is 0.172. The number of carbonyl (C=O) groups excluding carboxylic acids is 1. The molecule has 0 amide bonds. The van der Waals surface area contributed by atoms with Gasteiger partial charge in [0.05, 0.1) is 33.5 Å². The molecular formula is C29H23ClN2O6S. The lowest BCUT2D eigenvalue weighted by molar-refractivity contribution is -0.143. The van der Waals surface area contributed by atoms with Crippen LogP contribution in [-0.4, -0.2) is 27.7 Å². The minimum atomic E-state index is -1.04. The summed E-state index contributed by atoms with van der Waals surface area (Å²) in [4.78, 5) is 43.2. The van der Waals surface area contributed by atoms with Crippen molar-refractivity contribution < 1.29 is 23.8 Å². The number of aromatic carboxylic acids is 1. The maximum absolute atomic E-state index is 13.7. The summed E-state index contributed by atoms with van der Waals surface area (Å²) in [6.07, 6.45) is 1.26. The Hall–Kier alpha value is -4.21. The van der Waals surface area contributed by atoms with E-state index >= 15 is 0 Å². The number of carbonyl (C=O) groups is 2. The number of thiazole rings is 1. The third-order valence-electron chi connectivity index (χ3n) is 6.06. The Labute approximate surface area is 231 Å². The smallest absolute Gasteiger partial charge is 0.338 e. The number of halogens is 1. The van der Waals surface area contributed by atoms with Crippen LogP contribution >= 0.6 is 22.9 Å². The van der Waals surface area contributed by atoms with Crippen molar-refractivity contribution in [1.29, 1.82) is 0 Å². The lowest BCUT2D eigenvalue weighted by Gasteiger charge is -2.25. The molecule has 0 bridgehead atoms. The van der Waals surface area contributed by atoms with Crippen LogP contribution < -0.4 is 14.9 Å². The molecule has 1 aliphatic heterocycles. The number of benzene rings is 2. The molecule has 39 heavy (non-hydrogen) atoms. The number of carboxylic acids is 1. The molecule has 3 heterocycles. The third kappa shape index (κ3) is 5.23. The molecule has 1 aliphatic rings. The van der Waals surface area contributed by atoms with Crippen molar-refractivity contribution in [1.82, 2.24) is 4.57 Å². The van der Waals surface area contributed by atoms with E-state index in [1.807, 2.05) is 0 Å². The Morgan fingerprint density at radius 1 is 1.15 bits per heavy atom. The maximum Gasteiger partial charge on any atom is 0.338 e. The van der Waals surface area contributed by atoms with E-state index in [2.05, 4.69) is 4.99 Å². The van der Waals surface area contributed by atoms with Crippen LogP contribution in [0.2, 0.25) is 5.02 Å². The molecule has 0 saturated carbocycles. The minimum absolute atomic E-state index is 0.142. The van der Waals surface area contributed by atoms with Gasteiger partial charge in [-0.05, 0) is 62.7 Å². The Morgan fingerprint density at radius 3 is 2.59 bits per heavy atom. The topological polar surface area (TPSA) is 111 Å². The SMILES string of the molecule is CC1=C(C(=O)OC(C)C)C(c2ccc(Cl)cc2)n2c(s/c(=C\c3ccc(-c4cccc(C(=O)O)c4)o3)c2=O)=N1. The van der Waals surface area contributed by atoms with Gasteiger partial charge in [-0.1, -0.05) is 47.2 Å². The highest BCUT2D eigenvalue weighted by Crippen LogP contribution is 2.31. The van der Waals surface area contributed by atoms with Crippen LogP contribution in [0, 0.1) is 0 Å². The van der Waals surface area contributed by atoms with Gasteiger partial charge in [-0.2, -0.15) is 0 Å². The molecule has 0 radical (unpaired) electrons. The number of nitrogens with zero attached hydrogens (tertiary/aromatic N) is 2. The minimum Gasteiger partial charge on any atom is -0.478 e. The summed E-state index contributed by atoms with van der Waals surface area (Å²) < 4.78 is 13.3. The molecule has 1 atom stereocenters. The van der Waals surface area contributed by atoms with Crippen LogP contribution in [0.15, 0.2) is 86.1 Å². The lowest BCUT2D eigenvalue weighted by atomic mass is 9.96. The van der Waals surface area contributed by atoms with Crippen molar-refractivity contribution in [3.05, 3.63) is 114 Å². The second kappa shape index (κ2) is 10.5. The van der Waals surface area contributed by atoms with E-state index in [1.165, 1.54) is 28.0 Å². The van der Waals surface area contributed by atoms with Gasteiger partial charge < -0.3 is 14.3 Å². The van der Waals surface area contributed by atoms with Crippen LogP contribution in [0.5, 0.6) is 0 Å². The molecular weight excluding hydrogens is 540 g/mol. The normalized spacial score (nSPS) is 15.3. The quantitative estimate of drug-likeness (QED) is 0.338. The molecule has 1 N–H and O–H groups in total. The molecule has 0 saturated heterocycles. The molecule has 5 rings (SSSR count). The first-order valence-corrected chi connectivity index (χ1v) is 13.2. The monoisotopic (exact) mass is 562 g/mol. The Morgan fingerprint density at radius 2 is 1.90 bits per heavy atom. The summed E-state index contributed by atoms with van der Waals surface area (Å²) >= 11 is 7.29. The highest BCUT2D eigenvalue weighted by molar-refractivity contribution is 7.07. The number of esters is 1. The van der Waals surface area contributed by atoms with Gasteiger partial charge in [0.15, 0.2) is 4.80 Å². The van der Waals surface area contributed by atoms with E-state index in [4.69, 9.17) is 20.8 Å². The number of rotatable bonds is 6. The van der Waals surface area contributed by atoms with Crippen molar-refractivity contribution in [3.63, 3.8) is 0 Å². The number of ether oxygens (including phenoxy) is 1. The highest BCUT2D eigenvalue weighted by Gasteiger charge is 2.33. The standard InChI is InChI=1S/C29H23ClN2O6S/c1-15(2)37-28(36)24-16(3)31-29-32(25(24)17-7-9-20(30)10-8-17)26(33)23(39-29)14-21-11-12-22(38-21)18-5-4-6-19(13-18)27(34)35/h4-15,25H,1-3H3,(H,34,35)/b23-14-. The van der Waals surface area contributed by atoms with Crippen molar-refractivity contribution in [2.45, 2.75) is 32.9 Å². The molecule has 0 fully saturated rings. The first-order valence-electron chi connectivity index (χ1n) is 12.0. The van der Waals surface area contributed by atoms with Gasteiger partial charge in [0.2, 0.25) is 0 Å². The summed E-state index contributed by atoms with van der Waals surface area (Å²) in [6, 6.07) is 16.0. The van der Waals surface area contributed by atoms with Gasteiger partial charge in [-0.25, -0.2) is 14.6 Å². The van der Waals surface area contributed by atoms with Crippen molar-refractivity contribution >= 4 is 41.0 Å². The number of furan rings is 1. The largest absolute Gasteiger partial charge is 0.478 e. The second-order valence-electron chi connectivity index (χ2n) is 9.18. The van der Waals surface area contributed by atoms with E-state index in [-0.39, 0.29) is 22.8 Å². The first kappa shape index (κ1) is 26.4. The molecule has 8 nitrogen and oxygen atoms in total. The summed E-state index contributed by atoms with van der Waals surface area (Å²) in [7, 11) is 0. The molecule has 0 spiro atoms. The number of hydrogen-bond donors (Lipinski definition) is 1. The van der Waals surface area contributed by atoms with Crippen LogP contribution in [0.3, 0.4) is 0 Å². The van der Waals surface area contributed by atoms with Crippen molar-refractivity contribution in [3.8, 4) is 11.3 Å². The van der Waals surface area contributed by atoms with Gasteiger partial charge in [-0.15, -0.1) is 0 Å². The van der Waals surface area contributed by atoms with E-state index in [0.717, 1.165) is 0 Å². The maximum atomic E-state index is 13.7. The van der Waals surface area contributed by atoms with Crippen LogP contribution in [-0.2, 0) is 9.53 Å². The molecule has 4 aromatic rings. The highest BCUT2D eigenvalue weighted by atomic mass is 35.5. The van der Waals surface area contributed by atoms with E-state index in [9.17, 15) is 19.5 Å². The number of aromatic nitrogens is 1. The van der Waals surface area contributed by atoms with Gasteiger partial charge >= 0.3 is 11.9 Å². The lowest BCUT2D eigenvalue weighted by Crippen LogP contribution is -2.40. The van der Waals surface area contributed by atoms with Gasteiger partial charge in [0.1, 0.15) is 11.5 Å². The van der Waals surface area contributed by atoms with Crippen LogP contribution in [0.1, 0.15) is 48.5 Å². The fourth-order valence-electron chi connectivity index (χ4n) is 4.34. The predicted molar refractivity (Wildman–Crippen MR) is 148 cm³/mol. The average Bonchev–Trinajstić information content (AvgIpc) is 3.48. The first-order chi connectivity index (χ1) is 18.6. The van der Waals surface area contributed by atoms with Gasteiger partial charge in [0, 0.05) is 16.7 Å². The third-order valence-corrected chi connectivity index (χ3v) is 7.30.